The van der Waals surface area contributed by atoms with Gasteiger partial charge in [0.2, 0.25) is 0 Å². The summed E-state index contributed by atoms with van der Waals surface area (Å²) < 4.78 is 30.8. The van der Waals surface area contributed by atoms with E-state index in [1.54, 1.807) is 6.07 Å². The molecule has 0 saturated heterocycles. The molecule has 0 saturated carbocycles. The van der Waals surface area contributed by atoms with E-state index >= 15 is 4.39 Å². The zero-order chi connectivity index (χ0) is 46.9. The van der Waals surface area contributed by atoms with Gasteiger partial charge in [-0.25, -0.2) is 4.39 Å². The van der Waals surface area contributed by atoms with Crippen LogP contribution in [-0.4, -0.2) is 0 Å². The molecule has 2 aliphatic carbocycles. The van der Waals surface area contributed by atoms with E-state index in [4.69, 9.17) is 8.83 Å². The maximum Gasteiger partial charge on any atom is 0.171 e. The summed E-state index contributed by atoms with van der Waals surface area (Å²) in [4.78, 5) is 2.51. The number of anilines is 4. The van der Waals surface area contributed by atoms with Gasteiger partial charge in [0.1, 0.15) is 11.2 Å². The fourth-order valence-electron chi connectivity index (χ4n) is 12.2. The Labute approximate surface area is 405 Å². The number of halogens is 1. The van der Waals surface area contributed by atoms with Crippen molar-refractivity contribution in [2.24, 2.45) is 0 Å². The van der Waals surface area contributed by atoms with Crippen LogP contribution in [0.25, 0.3) is 66.1 Å². The van der Waals surface area contributed by atoms with Crippen molar-refractivity contribution >= 4 is 66.6 Å². The molecule has 3 aliphatic rings. The molecule has 0 fully saturated rings. The Hall–Kier alpha value is -8.41. The summed E-state index contributed by atoms with van der Waals surface area (Å²) in [5, 5.41) is 7.54. The molecule has 1 aliphatic heterocycles. The van der Waals surface area contributed by atoms with Crippen molar-refractivity contribution in [1.82, 2.24) is 0 Å². The highest BCUT2D eigenvalue weighted by Crippen LogP contribution is 2.65. The summed E-state index contributed by atoms with van der Waals surface area (Å²) in [6.45, 7) is 6.80. The zero-order valence-electron chi connectivity index (χ0n) is 39.1. The zero-order valence-corrected chi connectivity index (χ0v) is 39.1. The number of nitrogens with zero attached hydrogens (tertiary/aromatic N) is 1. The first-order valence-electron chi connectivity index (χ1n) is 24.3. The highest BCUT2D eigenvalue weighted by Gasteiger charge is 2.51. The molecule has 9 aromatic carbocycles. The molecule has 11 aromatic rings. The number of nitrogens with one attached hydrogen (secondary N) is 1. The molecule has 336 valence electrons. The van der Waals surface area contributed by atoms with Crippen molar-refractivity contribution in [2.45, 2.75) is 43.9 Å². The van der Waals surface area contributed by atoms with Crippen molar-refractivity contribution in [3.05, 3.63) is 251 Å². The number of hydrogen-bond donors (Lipinski definition) is 1. The van der Waals surface area contributed by atoms with Crippen molar-refractivity contribution < 1.29 is 13.2 Å². The Morgan fingerprint density at radius 2 is 1.29 bits per heavy atom. The third-order valence-electron chi connectivity index (χ3n) is 15.2. The molecular weight excluding hydrogens is 860 g/mol. The Balaban J connectivity index is 1.19. The summed E-state index contributed by atoms with van der Waals surface area (Å²) in [6.07, 6.45) is 7.71. The number of furan rings is 2. The molecule has 0 bridgehead atoms. The number of hydrogen-bond acceptors (Lipinski definition) is 4. The van der Waals surface area contributed by atoms with Crippen molar-refractivity contribution in [1.29, 1.82) is 0 Å². The van der Waals surface area contributed by atoms with Gasteiger partial charge in [0.15, 0.2) is 17.0 Å². The average molecular weight is 907 g/mol. The van der Waals surface area contributed by atoms with E-state index in [1.807, 2.05) is 12.1 Å². The van der Waals surface area contributed by atoms with Crippen LogP contribution in [0.5, 0.6) is 0 Å². The largest absolute Gasteiger partial charge is 0.455 e. The lowest BCUT2D eigenvalue weighted by atomic mass is 9.67. The minimum atomic E-state index is -0.897. The summed E-state index contributed by atoms with van der Waals surface area (Å²) in [5.74, 6) is -0.207. The third kappa shape index (κ3) is 5.69. The molecule has 1 unspecified atom stereocenters. The maximum atomic E-state index is 16.5. The van der Waals surface area contributed by atoms with E-state index < -0.39 is 11.2 Å². The summed E-state index contributed by atoms with van der Waals surface area (Å²) in [7, 11) is 0. The van der Waals surface area contributed by atoms with Crippen LogP contribution < -0.4 is 10.2 Å². The summed E-state index contributed by atoms with van der Waals surface area (Å²) >= 11 is 0. The number of fused-ring (bicyclic) bond motifs is 14. The predicted octanol–water partition coefficient (Wildman–Crippen LogP) is 17.8. The van der Waals surface area contributed by atoms with Crippen LogP contribution in [-0.2, 0) is 10.8 Å². The van der Waals surface area contributed by atoms with E-state index in [1.165, 1.54) is 28.6 Å². The van der Waals surface area contributed by atoms with Gasteiger partial charge in [0, 0.05) is 55.8 Å². The lowest BCUT2D eigenvalue weighted by Crippen LogP contribution is -2.29. The number of para-hydroxylation sites is 3. The van der Waals surface area contributed by atoms with Gasteiger partial charge >= 0.3 is 0 Å². The molecule has 4 nitrogen and oxygen atoms in total. The molecule has 5 heteroatoms. The maximum absolute atomic E-state index is 16.5. The van der Waals surface area contributed by atoms with Gasteiger partial charge in [-0.15, -0.1) is 0 Å². The topological polar surface area (TPSA) is 41.6 Å². The van der Waals surface area contributed by atoms with E-state index in [0.717, 1.165) is 95.3 Å². The molecule has 0 spiro atoms. The smallest absolute Gasteiger partial charge is 0.171 e. The molecular formula is C65H47FN2O2. The Kier molecular flexibility index (Phi) is 8.73. The second-order valence-corrected chi connectivity index (χ2v) is 20.1. The minimum absolute atomic E-state index is 0.118. The van der Waals surface area contributed by atoms with Crippen LogP contribution >= 0.6 is 0 Å². The van der Waals surface area contributed by atoms with Gasteiger partial charge in [0.05, 0.1) is 22.2 Å². The standard InChI is InChI=1S/C65H47FN2O2/c1-64(2,3)42-34-35-56-47(36-42)57-55(68-53-32-17-14-27-44(53)45-28-15-18-33-54(45)68)38-49-60(63(57)69-56)59-48(65(49,40-22-9-5-10-23-40)41-24-11-6-12-25-41)37-52(62-58(59)46-29-19-30-50(66)61(46)70-62)67-51-31-16-13-26-43(51)39-20-7-4-8-21-39/h4-27,29-38,45,67H,28H2,1-3H3. The van der Waals surface area contributed by atoms with E-state index in [0.29, 0.717) is 11.0 Å². The van der Waals surface area contributed by atoms with Crippen LogP contribution in [0.1, 0.15) is 66.5 Å². The molecule has 0 amide bonds. The molecule has 3 heterocycles. The van der Waals surface area contributed by atoms with Crippen molar-refractivity contribution in [2.75, 3.05) is 10.2 Å². The highest BCUT2D eigenvalue weighted by atomic mass is 19.1. The van der Waals surface area contributed by atoms with Crippen LogP contribution in [0.3, 0.4) is 0 Å². The van der Waals surface area contributed by atoms with Gasteiger partial charge in [-0.3, -0.25) is 0 Å². The van der Waals surface area contributed by atoms with Crippen LogP contribution in [0.2, 0.25) is 0 Å². The van der Waals surface area contributed by atoms with E-state index in [9.17, 15) is 0 Å². The number of allylic oxidation sites excluding steroid dienone is 4. The number of rotatable bonds is 6. The molecule has 2 aromatic heterocycles. The Morgan fingerprint density at radius 1 is 0.586 bits per heavy atom. The molecule has 70 heavy (non-hydrogen) atoms. The van der Waals surface area contributed by atoms with E-state index in [2.05, 4.69) is 213 Å². The van der Waals surface area contributed by atoms with E-state index in [-0.39, 0.29) is 16.9 Å². The summed E-state index contributed by atoms with van der Waals surface area (Å²) in [6, 6.07) is 66.2. The number of benzene rings is 9. The first kappa shape index (κ1) is 40.6. The van der Waals surface area contributed by atoms with Gasteiger partial charge in [-0.2, -0.15) is 0 Å². The lowest BCUT2D eigenvalue weighted by molar-refractivity contribution is 0.584. The molecule has 14 rings (SSSR count). The Morgan fingerprint density at radius 3 is 2.06 bits per heavy atom. The monoisotopic (exact) mass is 906 g/mol. The van der Waals surface area contributed by atoms with Crippen LogP contribution in [0, 0.1) is 5.82 Å². The first-order chi connectivity index (χ1) is 34.3. The van der Waals surface area contributed by atoms with Crippen molar-refractivity contribution in [3.8, 4) is 22.3 Å². The minimum Gasteiger partial charge on any atom is -0.455 e. The second kappa shape index (κ2) is 15.0. The quantitative estimate of drug-likeness (QED) is 0.180. The van der Waals surface area contributed by atoms with Gasteiger partial charge in [-0.05, 0) is 99.3 Å². The fourth-order valence-corrected chi connectivity index (χ4v) is 12.2. The second-order valence-electron chi connectivity index (χ2n) is 20.1. The van der Waals surface area contributed by atoms with Gasteiger partial charge < -0.3 is 19.1 Å². The normalized spacial score (nSPS) is 15.6. The first-order valence-corrected chi connectivity index (χ1v) is 24.3. The van der Waals surface area contributed by atoms with Gasteiger partial charge in [-0.1, -0.05) is 179 Å². The average Bonchev–Trinajstić information content (AvgIpc) is 4.15. The van der Waals surface area contributed by atoms with Crippen molar-refractivity contribution in [3.63, 3.8) is 0 Å². The summed E-state index contributed by atoms with van der Waals surface area (Å²) in [5.41, 5.74) is 17.4. The SMILES string of the molecule is CC(C)(C)c1ccc2oc3c4c(cc(N5C6=CC=CCC6c6ccccc65)c3c2c1)C(c1ccccc1)(c1ccccc1)c1cc(Nc2ccccc2-c2ccccc2)c2oc3c(F)cccc3c2c1-4. The molecule has 0 radical (unpaired) electrons. The Bertz CT molecular complexity index is 3960. The van der Waals surface area contributed by atoms with Crippen LogP contribution in [0.15, 0.2) is 221 Å². The van der Waals surface area contributed by atoms with Gasteiger partial charge in [0.25, 0.3) is 0 Å². The third-order valence-corrected chi connectivity index (χ3v) is 15.2. The van der Waals surface area contributed by atoms with Crippen LogP contribution in [0.4, 0.5) is 27.1 Å². The predicted molar refractivity (Wildman–Crippen MR) is 285 cm³/mol. The highest BCUT2D eigenvalue weighted by molar-refractivity contribution is 6.25. The molecule has 1 atom stereocenters. The lowest BCUT2D eigenvalue weighted by Gasteiger charge is -2.35. The fraction of sp³-hybridized carbons (Fsp3) is 0.108. The molecule has 1 N–H and O–H groups in total.